The van der Waals surface area contributed by atoms with Gasteiger partial charge in [-0.25, -0.2) is 4.98 Å². The number of aliphatic hydroxyl groups is 1. The van der Waals surface area contributed by atoms with Gasteiger partial charge < -0.3 is 15.2 Å². The number of hydrogen-bond donors (Lipinski definition) is 2. The molecule has 0 saturated carbocycles. The molecule has 0 aliphatic rings. The van der Waals surface area contributed by atoms with Crippen LogP contribution in [0.1, 0.15) is 23.0 Å². The van der Waals surface area contributed by atoms with Crippen molar-refractivity contribution in [3.8, 4) is 16.3 Å². The van der Waals surface area contributed by atoms with E-state index in [1.165, 1.54) is 11.3 Å². The Hall–Kier alpha value is -2.70. The fourth-order valence-corrected chi connectivity index (χ4v) is 3.50. The smallest absolute Gasteiger partial charge is 0.270 e. The van der Waals surface area contributed by atoms with E-state index in [0.717, 1.165) is 21.9 Å². The first-order valence-electron chi connectivity index (χ1n) is 8.61. The van der Waals surface area contributed by atoms with Crippen molar-refractivity contribution in [1.29, 1.82) is 0 Å². The minimum Gasteiger partial charge on any atom is -0.497 e. The van der Waals surface area contributed by atoms with Gasteiger partial charge in [-0.15, -0.1) is 11.3 Å². The van der Waals surface area contributed by atoms with Gasteiger partial charge in [-0.05, 0) is 24.6 Å². The number of rotatable bonds is 7. The number of carbonyl (C=O) groups excluding carboxylic acids is 1. The lowest BCUT2D eigenvalue weighted by Gasteiger charge is -2.23. The van der Waals surface area contributed by atoms with Gasteiger partial charge in [-0.3, -0.25) is 4.79 Å². The number of carbonyl (C=O) groups is 1. The number of thiazole rings is 1. The number of nitrogens with zero attached hydrogens (tertiary/aromatic N) is 1. The second-order valence-electron chi connectivity index (χ2n) is 6.61. The van der Waals surface area contributed by atoms with Crippen LogP contribution in [0.5, 0.6) is 5.75 Å². The molecule has 0 unspecified atom stereocenters. The lowest BCUT2D eigenvalue weighted by molar-refractivity contribution is 0.0551. The average molecular weight is 382 g/mol. The highest BCUT2D eigenvalue weighted by molar-refractivity contribution is 7.13. The Kier molecular flexibility index (Phi) is 5.88. The Morgan fingerprint density at radius 3 is 2.56 bits per heavy atom. The number of hydrogen-bond acceptors (Lipinski definition) is 5. The molecule has 0 saturated heterocycles. The van der Waals surface area contributed by atoms with Crippen LogP contribution < -0.4 is 10.1 Å². The number of benzene rings is 2. The third-order valence-electron chi connectivity index (χ3n) is 4.13. The van der Waals surface area contributed by atoms with Gasteiger partial charge in [0.1, 0.15) is 16.5 Å². The summed E-state index contributed by atoms with van der Waals surface area (Å²) in [6.45, 7) is 1.84. The van der Waals surface area contributed by atoms with Crippen molar-refractivity contribution in [1.82, 2.24) is 10.3 Å². The standard InChI is InChI=1S/C21H22N2O3S/c1-21(25,12-15-8-10-17(26-2)11-9-15)14-22-19(24)18-13-27-20(23-18)16-6-4-3-5-7-16/h3-11,13,25H,12,14H2,1-2H3,(H,22,24)/t21-/m0/s1. The van der Waals surface area contributed by atoms with Crippen molar-refractivity contribution in [3.63, 3.8) is 0 Å². The minimum atomic E-state index is -1.07. The van der Waals surface area contributed by atoms with Gasteiger partial charge in [0.05, 0.1) is 12.7 Å². The van der Waals surface area contributed by atoms with Crippen LogP contribution >= 0.6 is 11.3 Å². The molecule has 0 spiro atoms. The molecule has 1 amide bonds. The van der Waals surface area contributed by atoms with E-state index in [0.29, 0.717) is 12.1 Å². The van der Waals surface area contributed by atoms with Gasteiger partial charge in [0.25, 0.3) is 5.91 Å². The summed E-state index contributed by atoms with van der Waals surface area (Å²) >= 11 is 1.42. The van der Waals surface area contributed by atoms with Gasteiger partial charge in [-0.2, -0.15) is 0 Å². The van der Waals surface area contributed by atoms with Crippen molar-refractivity contribution in [3.05, 3.63) is 71.2 Å². The molecule has 0 bridgehead atoms. The largest absolute Gasteiger partial charge is 0.497 e. The number of aromatic nitrogens is 1. The molecule has 1 aromatic heterocycles. The molecule has 27 heavy (non-hydrogen) atoms. The third kappa shape index (κ3) is 5.15. The maximum Gasteiger partial charge on any atom is 0.270 e. The second kappa shape index (κ2) is 8.33. The van der Waals surface area contributed by atoms with E-state index in [-0.39, 0.29) is 12.5 Å². The quantitative estimate of drug-likeness (QED) is 0.656. The zero-order valence-electron chi connectivity index (χ0n) is 15.3. The summed E-state index contributed by atoms with van der Waals surface area (Å²) in [6.07, 6.45) is 0.420. The first kappa shape index (κ1) is 19.1. The van der Waals surface area contributed by atoms with Crippen LogP contribution in [0, 0.1) is 0 Å². The van der Waals surface area contributed by atoms with E-state index in [4.69, 9.17) is 4.74 Å². The summed E-state index contributed by atoms with van der Waals surface area (Å²) in [5.41, 5.74) is 1.24. The van der Waals surface area contributed by atoms with Crippen LogP contribution in [0.2, 0.25) is 0 Å². The van der Waals surface area contributed by atoms with Crippen LogP contribution in [-0.2, 0) is 6.42 Å². The fourth-order valence-electron chi connectivity index (χ4n) is 2.70. The van der Waals surface area contributed by atoms with Crippen LogP contribution in [0.4, 0.5) is 0 Å². The molecule has 140 valence electrons. The van der Waals surface area contributed by atoms with Crippen LogP contribution in [-0.4, -0.2) is 35.3 Å². The highest BCUT2D eigenvalue weighted by Gasteiger charge is 2.23. The Bertz CT molecular complexity index is 889. The molecule has 2 N–H and O–H groups in total. The SMILES string of the molecule is COc1ccc(C[C@](C)(O)CNC(=O)c2csc(-c3ccccc3)n2)cc1. The highest BCUT2D eigenvalue weighted by Crippen LogP contribution is 2.23. The molecule has 0 fully saturated rings. The zero-order valence-corrected chi connectivity index (χ0v) is 16.1. The van der Waals surface area contributed by atoms with E-state index in [1.54, 1.807) is 19.4 Å². The molecule has 0 aliphatic carbocycles. The van der Waals surface area contributed by atoms with Crippen molar-refractivity contribution in [2.75, 3.05) is 13.7 Å². The van der Waals surface area contributed by atoms with Gasteiger partial charge >= 0.3 is 0 Å². The van der Waals surface area contributed by atoms with E-state index >= 15 is 0 Å². The summed E-state index contributed by atoms with van der Waals surface area (Å²) in [6, 6.07) is 17.2. The van der Waals surface area contributed by atoms with Gasteiger partial charge in [0.2, 0.25) is 0 Å². The van der Waals surface area contributed by atoms with Gasteiger partial charge in [-0.1, -0.05) is 42.5 Å². The lowest BCUT2D eigenvalue weighted by Crippen LogP contribution is -2.42. The van der Waals surface area contributed by atoms with Crippen LogP contribution in [0.25, 0.3) is 10.6 Å². The predicted molar refractivity (Wildman–Crippen MR) is 107 cm³/mol. The predicted octanol–water partition coefficient (Wildman–Crippen LogP) is 3.54. The molecule has 3 rings (SSSR count). The molecule has 1 heterocycles. The molecular formula is C21H22N2O3S. The summed E-state index contributed by atoms with van der Waals surface area (Å²) in [7, 11) is 1.61. The summed E-state index contributed by atoms with van der Waals surface area (Å²) in [4.78, 5) is 16.8. The van der Waals surface area contributed by atoms with Crippen molar-refractivity contribution >= 4 is 17.2 Å². The molecule has 5 nitrogen and oxygen atoms in total. The maximum absolute atomic E-state index is 12.4. The topological polar surface area (TPSA) is 71.5 Å². The molecule has 1 atom stereocenters. The van der Waals surface area contributed by atoms with Crippen LogP contribution in [0.15, 0.2) is 60.0 Å². The second-order valence-corrected chi connectivity index (χ2v) is 7.47. The van der Waals surface area contributed by atoms with E-state index in [9.17, 15) is 9.90 Å². The molecule has 0 radical (unpaired) electrons. The Labute approximate surface area is 162 Å². The Morgan fingerprint density at radius 2 is 1.89 bits per heavy atom. The van der Waals surface area contributed by atoms with Crippen LogP contribution in [0.3, 0.4) is 0 Å². The number of ether oxygens (including phenoxy) is 1. The van der Waals surface area contributed by atoms with E-state index in [2.05, 4.69) is 10.3 Å². The maximum atomic E-state index is 12.4. The summed E-state index contributed by atoms with van der Waals surface area (Å²) in [5, 5.41) is 15.9. The summed E-state index contributed by atoms with van der Waals surface area (Å²) < 4.78 is 5.14. The third-order valence-corrected chi connectivity index (χ3v) is 5.02. The molecule has 3 aromatic rings. The summed E-state index contributed by atoms with van der Waals surface area (Å²) in [5.74, 6) is 0.480. The van der Waals surface area contributed by atoms with Crippen molar-refractivity contribution < 1.29 is 14.6 Å². The molecule has 2 aromatic carbocycles. The normalized spacial score (nSPS) is 13.0. The Balaban J connectivity index is 1.58. The van der Waals surface area contributed by atoms with Crippen molar-refractivity contribution in [2.45, 2.75) is 18.9 Å². The number of methoxy groups -OCH3 is 1. The first-order chi connectivity index (χ1) is 13.0. The highest BCUT2D eigenvalue weighted by atomic mass is 32.1. The molecule has 0 aliphatic heterocycles. The van der Waals surface area contributed by atoms with E-state index < -0.39 is 5.60 Å². The van der Waals surface area contributed by atoms with Gasteiger partial charge in [0.15, 0.2) is 0 Å². The van der Waals surface area contributed by atoms with Gasteiger partial charge in [0, 0.05) is 23.9 Å². The zero-order chi connectivity index (χ0) is 19.3. The number of nitrogens with one attached hydrogen (secondary N) is 1. The van der Waals surface area contributed by atoms with E-state index in [1.807, 2.05) is 54.6 Å². The monoisotopic (exact) mass is 382 g/mol. The molecular weight excluding hydrogens is 360 g/mol. The molecule has 6 heteroatoms. The minimum absolute atomic E-state index is 0.135. The number of amides is 1. The lowest BCUT2D eigenvalue weighted by atomic mass is 9.96. The Morgan fingerprint density at radius 1 is 1.19 bits per heavy atom. The van der Waals surface area contributed by atoms with Crippen molar-refractivity contribution in [2.24, 2.45) is 0 Å². The fraction of sp³-hybridized carbons (Fsp3) is 0.238. The average Bonchev–Trinajstić information content (AvgIpc) is 3.17. The first-order valence-corrected chi connectivity index (χ1v) is 9.49.